The number of aliphatic hydroxyl groups excluding tert-OH is 1. The standard InChI is InChI=1S/C16H27N3O2/c1-3-15-17-12(2)13(18-15)11-19-8-6-16(7-9-19)14(20)5-4-10-21-16/h14,20H,3-11H2,1-2H3,(H,17,18)/t14-/m0/s1. The Kier molecular flexibility index (Phi) is 4.33. The first-order valence-corrected chi connectivity index (χ1v) is 8.22. The molecule has 0 saturated carbocycles. The number of aromatic amines is 1. The number of likely N-dealkylation sites (tertiary alicyclic amines) is 1. The van der Waals surface area contributed by atoms with Crippen LogP contribution >= 0.6 is 0 Å². The second kappa shape index (κ2) is 6.07. The van der Waals surface area contributed by atoms with Gasteiger partial charge in [-0.05, 0) is 32.6 Å². The van der Waals surface area contributed by atoms with Gasteiger partial charge >= 0.3 is 0 Å². The van der Waals surface area contributed by atoms with E-state index in [1.54, 1.807) is 0 Å². The summed E-state index contributed by atoms with van der Waals surface area (Å²) in [5, 5.41) is 10.3. The average Bonchev–Trinajstić information content (AvgIpc) is 2.85. The summed E-state index contributed by atoms with van der Waals surface area (Å²) in [6.07, 6.45) is 4.39. The molecule has 2 N–H and O–H groups in total. The highest BCUT2D eigenvalue weighted by molar-refractivity contribution is 5.13. The number of nitrogens with zero attached hydrogens (tertiary/aromatic N) is 2. The van der Waals surface area contributed by atoms with Crippen LogP contribution in [0.25, 0.3) is 0 Å². The van der Waals surface area contributed by atoms with Crippen molar-refractivity contribution in [2.45, 2.75) is 64.2 Å². The number of nitrogens with one attached hydrogen (secondary N) is 1. The van der Waals surface area contributed by atoms with Crippen molar-refractivity contribution in [1.29, 1.82) is 0 Å². The molecule has 118 valence electrons. The zero-order chi connectivity index (χ0) is 14.9. The number of H-pyrrole nitrogens is 1. The summed E-state index contributed by atoms with van der Waals surface area (Å²) in [4.78, 5) is 10.4. The van der Waals surface area contributed by atoms with E-state index in [1.165, 1.54) is 5.69 Å². The largest absolute Gasteiger partial charge is 0.390 e. The highest BCUT2D eigenvalue weighted by atomic mass is 16.5. The monoisotopic (exact) mass is 293 g/mol. The molecule has 21 heavy (non-hydrogen) atoms. The average molecular weight is 293 g/mol. The Morgan fingerprint density at radius 1 is 1.43 bits per heavy atom. The van der Waals surface area contributed by atoms with Gasteiger partial charge in [0, 0.05) is 38.4 Å². The van der Waals surface area contributed by atoms with Crippen molar-refractivity contribution in [2.75, 3.05) is 19.7 Å². The third-order valence-corrected chi connectivity index (χ3v) is 5.06. The minimum atomic E-state index is -0.285. The molecule has 0 bridgehead atoms. The number of ether oxygens (including phenoxy) is 1. The molecule has 5 heteroatoms. The fourth-order valence-electron chi connectivity index (χ4n) is 3.58. The summed E-state index contributed by atoms with van der Waals surface area (Å²) in [6.45, 7) is 7.87. The predicted molar refractivity (Wildman–Crippen MR) is 81.1 cm³/mol. The summed E-state index contributed by atoms with van der Waals surface area (Å²) < 4.78 is 5.96. The predicted octanol–water partition coefficient (Wildman–Crippen LogP) is 1.79. The number of hydrogen-bond donors (Lipinski definition) is 2. The first-order chi connectivity index (χ1) is 10.1. The van der Waals surface area contributed by atoms with Gasteiger partial charge in [-0.15, -0.1) is 0 Å². The van der Waals surface area contributed by atoms with Gasteiger partial charge in [0.2, 0.25) is 0 Å². The normalized spacial score (nSPS) is 26.3. The molecule has 0 aromatic carbocycles. The van der Waals surface area contributed by atoms with E-state index in [9.17, 15) is 5.11 Å². The van der Waals surface area contributed by atoms with Crippen molar-refractivity contribution in [3.05, 3.63) is 17.2 Å². The van der Waals surface area contributed by atoms with Crippen LogP contribution in [0.2, 0.25) is 0 Å². The van der Waals surface area contributed by atoms with E-state index in [1.807, 2.05) is 0 Å². The third kappa shape index (κ3) is 3.00. The number of piperidine rings is 1. The third-order valence-electron chi connectivity index (χ3n) is 5.06. The molecule has 1 aromatic rings. The molecule has 2 saturated heterocycles. The van der Waals surface area contributed by atoms with Gasteiger partial charge < -0.3 is 14.8 Å². The highest BCUT2D eigenvalue weighted by Crippen LogP contribution is 2.35. The molecular weight excluding hydrogens is 266 g/mol. The maximum Gasteiger partial charge on any atom is 0.106 e. The number of imidazole rings is 1. The number of rotatable bonds is 3. The maximum absolute atomic E-state index is 10.3. The fourth-order valence-corrected chi connectivity index (χ4v) is 3.58. The van der Waals surface area contributed by atoms with Crippen LogP contribution in [-0.2, 0) is 17.7 Å². The van der Waals surface area contributed by atoms with E-state index < -0.39 is 0 Å². The van der Waals surface area contributed by atoms with Crippen LogP contribution in [0.3, 0.4) is 0 Å². The van der Waals surface area contributed by atoms with E-state index in [2.05, 4.69) is 28.7 Å². The molecular formula is C16H27N3O2. The molecule has 2 fully saturated rings. The molecule has 0 radical (unpaired) electrons. The molecule has 2 aliphatic rings. The molecule has 2 aliphatic heterocycles. The van der Waals surface area contributed by atoms with Crippen LogP contribution in [-0.4, -0.2) is 51.4 Å². The Morgan fingerprint density at radius 3 is 2.81 bits per heavy atom. The first kappa shape index (κ1) is 15.0. The summed E-state index contributed by atoms with van der Waals surface area (Å²) in [6, 6.07) is 0. The van der Waals surface area contributed by atoms with Gasteiger partial charge in [-0.3, -0.25) is 4.90 Å². The van der Waals surface area contributed by atoms with Crippen LogP contribution in [0.4, 0.5) is 0 Å². The lowest BCUT2D eigenvalue weighted by Crippen LogP contribution is -2.55. The number of aromatic nitrogens is 2. The number of hydrogen-bond acceptors (Lipinski definition) is 4. The van der Waals surface area contributed by atoms with Crippen molar-refractivity contribution in [1.82, 2.24) is 14.9 Å². The smallest absolute Gasteiger partial charge is 0.106 e. The van der Waals surface area contributed by atoms with Crippen LogP contribution in [0, 0.1) is 6.92 Å². The minimum absolute atomic E-state index is 0.274. The molecule has 0 amide bonds. The van der Waals surface area contributed by atoms with E-state index in [0.29, 0.717) is 0 Å². The molecule has 1 spiro atoms. The molecule has 5 nitrogen and oxygen atoms in total. The zero-order valence-electron chi connectivity index (χ0n) is 13.2. The van der Waals surface area contributed by atoms with Crippen LogP contribution in [0.15, 0.2) is 0 Å². The quantitative estimate of drug-likeness (QED) is 0.892. The van der Waals surface area contributed by atoms with Crippen molar-refractivity contribution in [2.24, 2.45) is 0 Å². The Morgan fingerprint density at radius 2 is 2.19 bits per heavy atom. The highest BCUT2D eigenvalue weighted by Gasteiger charge is 2.43. The van der Waals surface area contributed by atoms with Gasteiger partial charge in [-0.2, -0.15) is 0 Å². The molecule has 0 aliphatic carbocycles. The zero-order valence-corrected chi connectivity index (χ0v) is 13.2. The van der Waals surface area contributed by atoms with Gasteiger partial charge in [0.25, 0.3) is 0 Å². The minimum Gasteiger partial charge on any atom is -0.390 e. The second-order valence-corrected chi connectivity index (χ2v) is 6.46. The number of aryl methyl sites for hydroxylation is 2. The van der Waals surface area contributed by atoms with Gasteiger partial charge in [0.1, 0.15) is 5.82 Å². The van der Waals surface area contributed by atoms with Crippen molar-refractivity contribution < 1.29 is 9.84 Å². The Balaban J connectivity index is 1.59. The summed E-state index contributed by atoms with van der Waals surface area (Å²) in [7, 11) is 0. The number of aliphatic hydroxyl groups is 1. The van der Waals surface area contributed by atoms with Crippen molar-refractivity contribution in [3.63, 3.8) is 0 Å². The van der Waals surface area contributed by atoms with Crippen LogP contribution < -0.4 is 0 Å². The molecule has 1 atom stereocenters. The fraction of sp³-hybridized carbons (Fsp3) is 0.812. The van der Waals surface area contributed by atoms with Crippen LogP contribution in [0.5, 0.6) is 0 Å². The Bertz CT molecular complexity index is 478. The molecule has 0 unspecified atom stereocenters. The van der Waals surface area contributed by atoms with Crippen molar-refractivity contribution in [3.8, 4) is 0 Å². The van der Waals surface area contributed by atoms with E-state index >= 15 is 0 Å². The SMILES string of the molecule is CCc1nc(CN2CCC3(CC2)OCCC[C@@H]3O)c(C)[nH]1. The summed E-state index contributed by atoms with van der Waals surface area (Å²) >= 11 is 0. The van der Waals surface area contributed by atoms with Gasteiger partial charge in [0.05, 0.1) is 17.4 Å². The first-order valence-electron chi connectivity index (χ1n) is 8.22. The van der Waals surface area contributed by atoms with Gasteiger partial charge in [0.15, 0.2) is 0 Å². The lowest BCUT2D eigenvalue weighted by Gasteiger charge is -2.46. The second-order valence-electron chi connectivity index (χ2n) is 6.46. The Hall–Kier alpha value is -0.910. The Labute approximate surface area is 126 Å². The summed E-state index contributed by atoms with van der Waals surface area (Å²) in [5.41, 5.74) is 2.07. The van der Waals surface area contributed by atoms with Crippen LogP contribution in [0.1, 0.15) is 49.8 Å². The van der Waals surface area contributed by atoms with Crippen molar-refractivity contribution >= 4 is 0 Å². The molecule has 3 heterocycles. The summed E-state index contributed by atoms with van der Waals surface area (Å²) in [5.74, 6) is 1.07. The lowest BCUT2D eigenvalue weighted by molar-refractivity contribution is -0.177. The topological polar surface area (TPSA) is 61.4 Å². The lowest BCUT2D eigenvalue weighted by atomic mass is 9.82. The maximum atomic E-state index is 10.3. The molecule has 1 aromatic heterocycles. The molecule has 3 rings (SSSR count). The van der Waals surface area contributed by atoms with Gasteiger partial charge in [-0.1, -0.05) is 6.92 Å². The van der Waals surface area contributed by atoms with E-state index in [-0.39, 0.29) is 11.7 Å². The van der Waals surface area contributed by atoms with E-state index in [0.717, 1.165) is 69.9 Å². The van der Waals surface area contributed by atoms with Gasteiger partial charge in [-0.25, -0.2) is 4.98 Å². The van der Waals surface area contributed by atoms with E-state index in [4.69, 9.17) is 4.74 Å².